The number of hydrogen-bond donors (Lipinski definition) is 2. The fourth-order valence-corrected chi connectivity index (χ4v) is 2.83. The number of aromatic nitrogens is 1. The first-order valence-corrected chi connectivity index (χ1v) is 8.39. The van der Waals surface area contributed by atoms with Crippen LogP contribution in [0.4, 0.5) is 5.69 Å². The van der Waals surface area contributed by atoms with Gasteiger partial charge in [-0.25, -0.2) is 0 Å². The molecule has 0 aliphatic rings. The van der Waals surface area contributed by atoms with Gasteiger partial charge in [0.2, 0.25) is 11.8 Å². The van der Waals surface area contributed by atoms with Crippen LogP contribution in [0, 0.1) is 19.1 Å². The molecular weight excluding hydrogens is 326 g/mol. The minimum Gasteiger partial charge on any atom is -0.618 e. The molecule has 0 fully saturated rings. The minimum atomic E-state index is -0.305. The summed E-state index contributed by atoms with van der Waals surface area (Å²) in [6.07, 6.45) is 1.37. The zero-order valence-corrected chi connectivity index (χ0v) is 14.4. The van der Waals surface area contributed by atoms with E-state index in [-0.39, 0.29) is 24.1 Å². The van der Waals surface area contributed by atoms with E-state index < -0.39 is 0 Å². The van der Waals surface area contributed by atoms with Gasteiger partial charge in [-0.15, -0.1) is 0 Å². The Kier molecular flexibility index (Phi) is 6.20. The third kappa shape index (κ3) is 4.99. The number of rotatable bonds is 6. The first kappa shape index (κ1) is 17.8. The second-order valence-corrected chi connectivity index (χ2v) is 6.24. The van der Waals surface area contributed by atoms with Gasteiger partial charge in [0.1, 0.15) is 0 Å². The van der Waals surface area contributed by atoms with Gasteiger partial charge in [0.15, 0.2) is 6.20 Å². The van der Waals surface area contributed by atoms with Gasteiger partial charge < -0.3 is 15.8 Å². The maximum Gasteiger partial charge on any atom is 0.251 e. The lowest BCUT2D eigenvalue weighted by Gasteiger charge is -2.11. The van der Waals surface area contributed by atoms with Gasteiger partial charge in [-0.2, -0.15) is 4.73 Å². The third-order valence-corrected chi connectivity index (χ3v) is 4.35. The highest BCUT2D eigenvalue weighted by Crippen LogP contribution is 2.19. The van der Waals surface area contributed by atoms with Crippen LogP contribution in [-0.4, -0.2) is 24.1 Å². The minimum absolute atomic E-state index is 0.0723. The van der Waals surface area contributed by atoms with Crippen molar-refractivity contribution in [3.8, 4) is 0 Å². The summed E-state index contributed by atoms with van der Waals surface area (Å²) in [4.78, 5) is 23.8. The summed E-state index contributed by atoms with van der Waals surface area (Å²) in [5, 5.41) is 17.3. The zero-order valence-electron chi connectivity index (χ0n) is 13.5. The van der Waals surface area contributed by atoms with Gasteiger partial charge in [0.05, 0.1) is 12.3 Å². The SMILES string of the molecule is Cc1cccc(C)c1NC(=O)CNC(=O)CSc1cccc[n+]1[O-]. The summed E-state index contributed by atoms with van der Waals surface area (Å²) in [5.41, 5.74) is 2.70. The average Bonchev–Trinajstić information content (AvgIpc) is 2.56. The maximum atomic E-state index is 12.0. The molecule has 2 N–H and O–H groups in total. The van der Waals surface area contributed by atoms with Crippen molar-refractivity contribution in [3.05, 3.63) is 58.9 Å². The van der Waals surface area contributed by atoms with E-state index in [0.29, 0.717) is 9.76 Å². The number of carbonyl (C=O) groups is 2. The number of aryl methyl sites for hydroxylation is 2. The monoisotopic (exact) mass is 345 g/mol. The van der Waals surface area contributed by atoms with Crippen molar-refractivity contribution in [1.29, 1.82) is 0 Å². The van der Waals surface area contributed by atoms with Crippen LogP contribution in [0.25, 0.3) is 0 Å². The number of hydrogen-bond acceptors (Lipinski definition) is 4. The Morgan fingerprint density at radius 3 is 2.46 bits per heavy atom. The Hall–Kier alpha value is -2.54. The first-order chi connectivity index (χ1) is 11.5. The zero-order chi connectivity index (χ0) is 17.5. The maximum absolute atomic E-state index is 12.0. The van der Waals surface area contributed by atoms with Crippen molar-refractivity contribution in [3.63, 3.8) is 0 Å². The summed E-state index contributed by atoms with van der Waals surface area (Å²) in [5.74, 6) is -0.520. The molecule has 2 amide bonds. The molecule has 0 saturated heterocycles. The summed E-state index contributed by atoms with van der Waals surface area (Å²) in [7, 11) is 0. The van der Waals surface area contributed by atoms with Gasteiger partial charge in [0, 0.05) is 17.8 Å². The molecule has 1 heterocycles. The lowest BCUT2D eigenvalue weighted by molar-refractivity contribution is -0.645. The van der Waals surface area contributed by atoms with Crippen molar-refractivity contribution in [2.45, 2.75) is 18.9 Å². The van der Waals surface area contributed by atoms with Gasteiger partial charge in [-0.3, -0.25) is 9.59 Å². The Bertz CT molecular complexity index is 729. The number of benzene rings is 1. The van der Waals surface area contributed by atoms with Crippen LogP contribution >= 0.6 is 11.8 Å². The fourth-order valence-electron chi connectivity index (χ4n) is 2.09. The number of anilines is 1. The summed E-state index contributed by atoms with van der Waals surface area (Å²) in [6.45, 7) is 3.71. The molecule has 0 atom stereocenters. The highest BCUT2D eigenvalue weighted by atomic mass is 32.2. The topological polar surface area (TPSA) is 85.1 Å². The largest absolute Gasteiger partial charge is 0.618 e. The molecule has 0 saturated carbocycles. The van der Waals surface area contributed by atoms with Crippen molar-refractivity contribution in [2.75, 3.05) is 17.6 Å². The molecule has 24 heavy (non-hydrogen) atoms. The second-order valence-electron chi connectivity index (χ2n) is 5.25. The molecule has 2 aromatic rings. The van der Waals surface area contributed by atoms with E-state index in [1.54, 1.807) is 18.2 Å². The summed E-state index contributed by atoms with van der Waals surface area (Å²) >= 11 is 1.12. The molecule has 1 aromatic heterocycles. The first-order valence-electron chi connectivity index (χ1n) is 7.41. The van der Waals surface area contributed by atoms with E-state index in [0.717, 1.165) is 28.6 Å². The van der Waals surface area contributed by atoms with Crippen LogP contribution in [0.5, 0.6) is 0 Å². The van der Waals surface area contributed by atoms with Crippen molar-refractivity contribution in [2.24, 2.45) is 0 Å². The van der Waals surface area contributed by atoms with E-state index in [1.807, 2.05) is 32.0 Å². The van der Waals surface area contributed by atoms with Crippen LogP contribution in [0.3, 0.4) is 0 Å². The Balaban J connectivity index is 1.79. The molecular formula is C17H19N3O3S. The molecule has 126 valence electrons. The Morgan fingerprint density at radius 2 is 1.79 bits per heavy atom. The number of thioether (sulfide) groups is 1. The fraction of sp³-hybridized carbons (Fsp3) is 0.235. The molecule has 1 aromatic carbocycles. The van der Waals surface area contributed by atoms with Crippen LogP contribution < -0.4 is 15.4 Å². The van der Waals surface area contributed by atoms with Crippen LogP contribution in [0.2, 0.25) is 0 Å². The van der Waals surface area contributed by atoms with E-state index in [9.17, 15) is 14.8 Å². The molecule has 0 unspecified atom stereocenters. The molecule has 0 aliphatic carbocycles. The van der Waals surface area contributed by atoms with Crippen molar-refractivity contribution in [1.82, 2.24) is 5.32 Å². The van der Waals surface area contributed by atoms with Crippen molar-refractivity contribution < 1.29 is 14.3 Å². The number of amides is 2. The molecule has 2 rings (SSSR count). The van der Waals surface area contributed by atoms with Gasteiger partial charge >= 0.3 is 0 Å². The van der Waals surface area contributed by atoms with E-state index in [1.165, 1.54) is 6.20 Å². The average molecular weight is 345 g/mol. The van der Waals surface area contributed by atoms with Crippen LogP contribution in [0.15, 0.2) is 47.6 Å². The van der Waals surface area contributed by atoms with Crippen LogP contribution in [-0.2, 0) is 9.59 Å². The van der Waals surface area contributed by atoms with E-state index in [4.69, 9.17) is 0 Å². The highest BCUT2D eigenvalue weighted by molar-refractivity contribution is 7.99. The molecule has 0 bridgehead atoms. The second kappa shape index (κ2) is 8.35. The molecule has 0 aliphatic heterocycles. The van der Waals surface area contributed by atoms with Crippen molar-refractivity contribution >= 4 is 29.3 Å². The molecule has 0 spiro atoms. The lowest BCUT2D eigenvalue weighted by atomic mass is 10.1. The number of carbonyl (C=O) groups excluding carboxylic acids is 2. The predicted octanol–water partition coefficient (Wildman–Crippen LogP) is 1.78. The van der Waals surface area contributed by atoms with Crippen LogP contribution in [0.1, 0.15) is 11.1 Å². The normalized spacial score (nSPS) is 10.2. The Labute approximate surface area is 144 Å². The smallest absolute Gasteiger partial charge is 0.251 e. The van der Waals surface area contributed by atoms with E-state index in [2.05, 4.69) is 10.6 Å². The van der Waals surface area contributed by atoms with Gasteiger partial charge in [0.25, 0.3) is 5.03 Å². The quantitative estimate of drug-likeness (QED) is 0.475. The molecule has 0 radical (unpaired) electrons. The third-order valence-electron chi connectivity index (χ3n) is 3.33. The van der Waals surface area contributed by atoms with Gasteiger partial charge in [-0.05, 0) is 42.8 Å². The van der Waals surface area contributed by atoms with E-state index >= 15 is 0 Å². The summed E-state index contributed by atoms with van der Waals surface area (Å²) in [6, 6.07) is 10.7. The highest BCUT2D eigenvalue weighted by Gasteiger charge is 2.11. The molecule has 7 heteroatoms. The number of nitrogens with one attached hydrogen (secondary N) is 2. The molecule has 6 nitrogen and oxygen atoms in total. The number of pyridine rings is 1. The lowest BCUT2D eigenvalue weighted by Crippen LogP contribution is -2.35. The number of para-hydroxylation sites is 1. The predicted molar refractivity (Wildman–Crippen MR) is 93.7 cm³/mol. The standard InChI is InChI=1S/C17H19N3O3S/c1-12-6-5-7-13(2)17(12)19-14(21)10-18-15(22)11-24-16-8-3-4-9-20(16)23/h3-9H,10-11H2,1-2H3,(H,18,22)(H,19,21). The summed E-state index contributed by atoms with van der Waals surface area (Å²) < 4.78 is 0.700. The number of nitrogens with zero attached hydrogens (tertiary/aromatic N) is 1. The van der Waals surface area contributed by atoms with Gasteiger partial charge in [-0.1, -0.05) is 18.2 Å². The Morgan fingerprint density at radius 1 is 1.08 bits per heavy atom.